The van der Waals surface area contributed by atoms with Gasteiger partial charge in [0.1, 0.15) is 0 Å². The van der Waals surface area contributed by atoms with Crippen molar-refractivity contribution in [1.29, 1.82) is 0 Å². The van der Waals surface area contributed by atoms with E-state index < -0.39 is 0 Å². The number of hydrogen-bond acceptors (Lipinski definition) is 3. The Bertz CT molecular complexity index is 295. The van der Waals surface area contributed by atoms with Gasteiger partial charge in [0.15, 0.2) is 0 Å². The predicted octanol–water partition coefficient (Wildman–Crippen LogP) is 1.74. The Balaban J connectivity index is 2.75. The van der Waals surface area contributed by atoms with Crippen LogP contribution in [0.3, 0.4) is 0 Å². The van der Waals surface area contributed by atoms with Crippen LogP contribution in [-0.4, -0.2) is 24.3 Å². The van der Waals surface area contributed by atoms with E-state index >= 15 is 0 Å². The monoisotopic (exact) mass is 222 g/mol. The molecule has 0 radical (unpaired) electrons. The molecule has 1 aromatic rings. The summed E-state index contributed by atoms with van der Waals surface area (Å²) in [5.41, 5.74) is 7.85. The number of aliphatic hydroxyl groups is 1. The second kappa shape index (κ2) is 6.51. The van der Waals surface area contributed by atoms with Crippen LogP contribution in [0.1, 0.15) is 25.8 Å². The normalized spacial score (nSPS) is 12.5. The van der Waals surface area contributed by atoms with Crippen molar-refractivity contribution in [3.05, 3.63) is 29.8 Å². The maximum Gasteiger partial charge on any atom is 0.0687 e. The van der Waals surface area contributed by atoms with Crippen molar-refractivity contribution < 1.29 is 5.11 Å². The molecule has 90 valence electrons. The summed E-state index contributed by atoms with van der Waals surface area (Å²) < 4.78 is 0. The lowest BCUT2D eigenvalue weighted by Crippen LogP contribution is -2.31. The summed E-state index contributed by atoms with van der Waals surface area (Å²) in [4.78, 5) is 2.20. The topological polar surface area (TPSA) is 49.5 Å². The Morgan fingerprint density at radius 1 is 1.31 bits per heavy atom. The van der Waals surface area contributed by atoms with Gasteiger partial charge in [-0.15, -0.1) is 0 Å². The summed E-state index contributed by atoms with van der Waals surface area (Å²) in [6.07, 6.45) is 0.770. The number of rotatable bonds is 6. The van der Waals surface area contributed by atoms with E-state index in [0.717, 1.165) is 24.2 Å². The Morgan fingerprint density at radius 3 is 2.38 bits per heavy atom. The van der Waals surface area contributed by atoms with E-state index in [1.165, 1.54) is 0 Å². The number of hydrogen-bond donors (Lipinski definition) is 2. The molecule has 0 heterocycles. The molecule has 0 amide bonds. The van der Waals surface area contributed by atoms with Gasteiger partial charge in [0.25, 0.3) is 0 Å². The van der Waals surface area contributed by atoms with Crippen LogP contribution < -0.4 is 10.6 Å². The van der Waals surface area contributed by atoms with Crippen molar-refractivity contribution in [2.75, 3.05) is 18.0 Å². The van der Waals surface area contributed by atoms with Gasteiger partial charge in [0.05, 0.1) is 6.10 Å². The minimum atomic E-state index is -0.305. The van der Waals surface area contributed by atoms with Gasteiger partial charge < -0.3 is 15.7 Å². The van der Waals surface area contributed by atoms with Crippen molar-refractivity contribution in [3.8, 4) is 0 Å². The number of benzene rings is 1. The molecular weight excluding hydrogens is 200 g/mol. The molecule has 16 heavy (non-hydrogen) atoms. The Hall–Kier alpha value is -1.06. The van der Waals surface area contributed by atoms with Crippen molar-refractivity contribution in [2.24, 2.45) is 5.73 Å². The largest absolute Gasteiger partial charge is 0.392 e. The van der Waals surface area contributed by atoms with E-state index in [9.17, 15) is 5.11 Å². The molecule has 0 spiro atoms. The van der Waals surface area contributed by atoms with Gasteiger partial charge in [-0.1, -0.05) is 19.1 Å². The van der Waals surface area contributed by atoms with Crippen molar-refractivity contribution in [1.82, 2.24) is 0 Å². The van der Waals surface area contributed by atoms with Gasteiger partial charge in [-0.25, -0.2) is 0 Å². The number of anilines is 1. The summed E-state index contributed by atoms with van der Waals surface area (Å²) >= 11 is 0. The summed E-state index contributed by atoms with van der Waals surface area (Å²) in [5.74, 6) is 0. The van der Waals surface area contributed by atoms with Crippen LogP contribution >= 0.6 is 0 Å². The zero-order valence-electron chi connectivity index (χ0n) is 10.2. The van der Waals surface area contributed by atoms with E-state index in [1.807, 2.05) is 19.1 Å². The van der Waals surface area contributed by atoms with Gasteiger partial charge in [0.2, 0.25) is 0 Å². The van der Waals surface area contributed by atoms with Crippen LogP contribution in [0.4, 0.5) is 5.69 Å². The van der Waals surface area contributed by atoms with Gasteiger partial charge >= 0.3 is 0 Å². The molecule has 0 bridgehead atoms. The first kappa shape index (κ1) is 13.0. The highest BCUT2D eigenvalue weighted by Crippen LogP contribution is 2.16. The second-order valence-corrected chi connectivity index (χ2v) is 4.17. The van der Waals surface area contributed by atoms with E-state index in [2.05, 4.69) is 24.0 Å². The lowest BCUT2D eigenvalue weighted by molar-refractivity contribution is 0.200. The second-order valence-electron chi connectivity index (χ2n) is 4.17. The number of aliphatic hydroxyl groups excluding tert-OH is 1. The summed E-state index contributed by atoms with van der Waals surface area (Å²) in [6.45, 7) is 6.17. The lowest BCUT2D eigenvalue weighted by Gasteiger charge is -2.25. The Morgan fingerprint density at radius 2 is 1.94 bits per heavy atom. The van der Waals surface area contributed by atoms with Crippen molar-refractivity contribution in [2.45, 2.75) is 32.9 Å². The van der Waals surface area contributed by atoms with E-state index in [4.69, 9.17) is 5.73 Å². The maximum atomic E-state index is 9.45. The number of nitrogens with zero attached hydrogens (tertiary/aromatic N) is 1. The third-order valence-electron chi connectivity index (χ3n) is 2.52. The van der Waals surface area contributed by atoms with Crippen LogP contribution in [0.25, 0.3) is 0 Å². The molecule has 3 heteroatoms. The standard InChI is InChI=1S/C13H22N2O/c1-3-8-15(10-11(2)16)13-6-4-12(9-14)5-7-13/h4-7,11,16H,3,8-10,14H2,1-2H3. The van der Waals surface area contributed by atoms with E-state index in [0.29, 0.717) is 13.1 Å². The molecule has 1 rings (SSSR count). The van der Waals surface area contributed by atoms with Crippen LogP contribution in [-0.2, 0) is 6.54 Å². The quantitative estimate of drug-likeness (QED) is 0.771. The molecule has 0 saturated heterocycles. The lowest BCUT2D eigenvalue weighted by atomic mass is 10.2. The zero-order valence-corrected chi connectivity index (χ0v) is 10.2. The fourth-order valence-electron chi connectivity index (χ4n) is 1.76. The average molecular weight is 222 g/mol. The van der Waals surface area contributed by atoms with Gasteiger partial charge in [-0.3, -0.25) is 0 Å². The first-order chi connectivity index (χ1) is 7.67. The van der Waals surface area contributed by atoms with Crippen LogP contribution in [0.5, 0.6) is 0 Å². The summed E-state index contributed by atoms with van der Waals surface area (Å²) in [7, 11) is 0. The highest BCUT2D eigenvalue weighted by Gasteiger charge is 2.08. The smallest absolute Gasteiger partial charge is 0.0687 e. The average Bonchev–Trinajstić information content (AvgIpc) is 2.28. The van der Waals surface area contributed by atoms with E-state index in [1.54, 1.807) is 0 Å². The summed E-state index contributed by atoms with van der Waals surface area (Å²) in [6, 6.07) is 8.22. The highest BCUT2D eigenvalue weighted by molar-refractivity contribution is 5.47. The molecule has 1 unspecified atom stereocenters. The SMILES string of the molecule is CCCN(CC(C)O)c1ccc(CN)cc1. The summed E-state index contributed by atoms with van der Waals surface area (Å²) in [5, 5.41) is 9.45. The molecule has 0 aliphatic rings. The first-order valence-electron chi connectivity index (χ1n) is 5.89. The van der Waals surface area contributed by atoms with Crippen LogP contribution in [0, 0.1) is 0 Å². The number of nitrogens with two attached hydrogens (primary N) is 1. The molecule has 0 aliphatic carbocycles. The molecule has 0 aromatic heterocycles. The fraction of sp³-hybridized carbons (Fsp3) is 0.538. The Labute approximate surface area is 97.9 Å². The Kier molecular flexibility index (Phi) is 5.29. The van der Waals surface area contributed by atoms with Crippen LogP contribution in [0.15, 0.2) is 24.3 Å². The van der Waals surface area contributed by atoms with Crippen molar-refractivity contribution >= 4 is 5.69 Å². The third kappa shape index (κ3) is 3.83. The minimum absolute atomic E-state index is 0.305. The molecule has 0 fully saturated rings. The zero-order chi connectivity index (χ0) is 12.0. The third-order valence-corrected chi connectivity index (χ3v) is 2.52. The molecule has 1 atom stereocenters. The van der Waals surface area contributed by atoms with Gasteiger partial charge in [0, 0.05) is 25.3 Å². The molecule has 1 aromatic carbocycles. The molecule has 0 aliphatic heterocycles. The maximum absolute atomic E-state index is 9.45. The molecular formula is C13H22N2O. The van der Waals surface area contributed by atoms with E-state index in [-0.39, 0.29) is 6.10 Å². The molecule has 0 saturated carbocycles. The van der Waals surface area contributed by atoms with Crippen molar-refractivity contribution in [3.63, 3.8) is 0 Å². The first-order valence-corrected chi connectivity index (χ1v) is 5.89. The highest BCUT2D eigenvalue weighted by atomic mass is 16.3. The molecule has 3 N–H and O–H groups in total. The van der Waals surface area contributed by atoms with Crippen LogP contribution in [0.2, 0.25) is 0 Å². The fourth-order valence-corrected chi connectivity index (χ4v) is 1.76. The van der Waals surface area contributed by atoms with Gasteiger partial charge in [-0.2, -0.15) is 0 Å². The molecule has 3 nitrogen and oxygen atoms in total. The van der Waals surface area contributed by atoms with Gasteiger partial charge in [-0.05, 0) is 31.0 Å². The minimum Gasteiger partial charge on any atom is -0.392 e. The predicted molar refractivity (Wildman–Crippen MR) is 68.5 cm³/mol.